The third kappa shape index (κ3) is 2.83. The van der Waals surface area contributed by atoms with E-state index in [1.165, 1.54) is 27.5 Å². The van der Waals surface area contributed by atoms with Gasteiger partial charge in [-0.05, 0) is 41.5 Å². The summed E-state index contributed by atoms with van der Waals surface area (Å²) in [6.45, 7) is 0. The van der Waals surface area contributed by atoms with E-state index in [2.05, 4.69) is 11.5 Å². The van der Waals surface area contributed by atoms with Crippen molar-refractivity contribution in [1.29, 1.82) is 0 Å². The number of aryl methyl sites for hydroxylation is 1. The third-order valence-electron chi connectivity index (χ3n) is 3.30. The summed E-state index contributed by atoms with van der Waals surface area (Å²) in [5, 5.41) is 0.751. The van der Waals surface area contributed by atoms with Gasteiger partial charge in [0, 0.05) is 20.5 Å². The summed E-state index contributed by atoms with van der Waals surface area (Å²) in [5.41, 5.74) is 5.55. The number of rotatable bonds is 3. The largest absolute Gasteiger partial charge is 0.271 e. The minimum absolute atomic E-state index is 0.0536. The van der Waals surface area contributed by atoms with Gasteiger partial charge in [0.25, 0.3) is 0 Å². The Morgan fingerprint density at radius 3 is 2.74 bits per heavy atom. The standard InChI is InChI=1S/C14H15ClN2S2/c15-11-3-1-9(2-4-11)14(17-16)13-7-10-8-18-6-5-12(10)19-13/h1-4,7,14,17H,5-6,8,16H2. The molecular formula is C14H15ClN2S2. The third-order valence-corrected chi connectivity index (χ3v) is 5.86. The molecule has 1 aromatic carbocycles. The molecule has 2 nitrogen and oxygen atoms in total. The number of hydrogen-bond donors (Lipinski definition) is 2. The molecule has 0 saturated heterocycles. The van der Waals surface area contributed by atoms with Gasteiger partial charge >= 0.3 is 0 Å². The Kier molecular flexibility index (Phi) is 4.15. The van der Waals surface area contributed by atoms with Crippen molar-refractivity contribution in [2.75, 3.05) is 5.75 Å². The number of benzene rings is 1. The number of hydrogen-bond acceptors (Lipinski definition) is 4. The number of nitrogens with two attached hydrogens (primary N) is 1. The fourth-order valence-corrected chi connectivity index (χ4v) is 4.90. The lowest BCUT2D eigenvalue weighted by atomic mass is 10.1. The summed E-state index contributed by atoms with van der Waals surface area (Å²) in [6, 6.07) is 10.2. The summed E-state index contributed by atoms with van der Waals surface area (Å²) in [7, 11) is 0. The van der Waals surface area contributed by atoms with Crippen LogP contribution in [0, 0.1) is 0 Å². The van der Waals surface area contributed by atoms with E-state index in [1.807, 2.05) is 47.4 Å². The average molecular weight is 311 g/mol. The van der Waals surface area contributed by atoms with E-state index in [0.29, 0.717) is 0 Å². The van der Waals surface area contributed by atoms with Gasteiger partial charge in [0.1, 0.15) is 0 Å². The average Bonchev–Trinajstić information content (AvgIpc) is 2.85. The Labute approximate surface area is 126 Å². The molecule has 2 heterocycles. The van der Waals surface area contributed by atoms with E-state index >= 15 is 0 Å². The molecule has 3 rings (SSSR count). The van der Waals surface area contributed by atoms with Crippen molar-refractivity contribution in [3.8, 4) is 0 Å². The van der Waals surface area contributed by atoms with Crippen LogP contribution in [0.2, 0.25) is 5.02 Å². The Morgan fingerprint density at radius 2 is 2.05 bits per heavy atom. The molecule has 0 amide bonds. The zero-order valence-electron chi connectivity index (χ0n) is 10.4. The first-order chi connectivity index (χ1) is 9.28. The second-order valence-corrected chi connectivity index (χ2v) is 7.26. The van der Waals surface area contributed by atoms with Crippen LogP contribution in [-0.2, 0) is 12.2 Å². The molecule has 19 heavy (non-hydrogen) atoms. The minimum atomic E-state index is 0.0536. The quantitative estimate of drug-likeness (QED) is 0.670. The first-order valence-electron chi connectivity index (χ1n) is 6.19. The fourth-order valence-electron chi connectivity index (χ4n) is 2.31. The first-order valence-corrected chi connectivity index (χ1v) is 8.53. The molecule has 3 N–H and O–H groups in total. The maximum absolute atomic E-state index is 5.94. The number of fused-ring (bicyclic) bond motifs is 1. The zero-order valence-corrected chi connectivity index (χ0v) is 12.7. The predicted molar refractivity (Wildman–Crippen MR) is 84.8 cm³/mol. The molecule has 0 fully saturated rings. The van der Waals surface area contributed by atoms with Crippen LogP contribution in [-0.4, -0.2) is 5.75 Å². The summed E-state index contributed by atoms with van der Waals surface area (Å²) >= 11 is 9.82. The van der Waals surface area contributed by atoms with E-state index in [9.17, 15) is 0 Å². The van der Waals surface area contributed by atoms with Crippen LogP contribution in [0.3, 0.4) is 0 Å². The van der Waals surface area contributed by atoms with Gasteiger partial charge in [0.05, 0.1) is 6.04 Å². The molecule has 2 aromatic rings. The normalized spacial score (nSPS) is 16.1. The Bertz CT molecular complexity index is 542. The second-order valence-electron chi connectivity index (χ2n) is 4.55. The molecule has 1 aliphatic heterocycles. The van der Waals surface area contributed by atoms with Gasteiger partial charge in [-0.15, -0.1) is 11.3 Å². The smallest absolute Gasteiger partial charge is 0.0802 e. The Hall–Kier alpha value is -0.520. The minimum Gasteiger partial charge on any atom is -0.271 e. The summed E-state index contributed by atoms with van der Waals surface area (Å²) in [4.78, 5) is 2.81. The molecule has 100 valence electrons. The van der Waals surface area contributed by atoms with Crippen LogP contribution >= 0.6 is 34.7 Å². The topological polar surface area (TPSA) is 38.0 Å². The summed E-state index contributed by atoms with van der Waals surface area (Å²) < 4.78 is 0. The van der Waals surface area contributed by atoms with E-state index in [-0.39, 0.29) is 6.04 Å². The van der Waals surface area contributed by atoms with Crippen molar-refractivity contribution in [2.45, 2.75) is 18.2 Å². The van der Waals surface area contributed by atoms with Gasteiger partial charge in [0.2, 0.25) is 0 Å². The summed E-state index contributed by atoms with van der Waals surface area (Å²) in [5.74, 6) is 8.11. The number of halogens is 1. The van der Waals surface area contributed by atoms with Gasteiger partial charge in [-0.1, -0.05) is 23.7 Å². The molecule has 0 spiro atoms. The highest BCUT2D eigenvalue weighted by atomic mass is 35.5. The van der Waals surface area contributed by atoms with Gasteiger partial charge in [-0.3, -0.25) is 5.84 Å². The molecule has 1 atom stereocenters. The van der Waals surface area contributed by atoms with Crippen LogP contribution in [0.4, 0.5) is 0 Å². The van der Waals surface area contributed by atoms with E-state index in [0.717, 1.165) is 16.3 Å². The van der Waals surface area contributed by atoms with Crippen LogP contribution in [0.15, 0.2) is 30.3 Å². The SMILES string of the molecule is NNC(c1ccc(Cl)cc1)c1cc2c(s1)CCSC2. The maximum atomic E-state index is 5.94. The van der Waals surface area contributed by atoms with E-state index < -0.39 is 0 Å². The summed E-state index contributed by atoms with van der Waals surface area (Å²) in [6.07, 6.45) is 1.18. The van der Waals surface area contributed by atoms with Gasteiger partial charge in [-0.2, -0.15) is 11.8 Å². The molecular weight excluding hydrogens is 296 g/mol. The van der Waals surface area contributed by atoms with E-state index in [4.69, 9.17) is 17.4 Å². The van der Waals surface area contributed by atoms with Crippen LogP contribution in [0.25, 0.3) is 0 Å². The van der Waals surface area contributed by atoms with Crippen molar-refractivity contribution < 1.29 is 0 Å². The van der Waals surface area contributed by atoms with Gasteiger partial charge in [0.15, 0.2) is 0 Å². The lowest BCUT2D eigenvalue weighted by Crippen LogP contribution is -2.28. The highest BCUT2D eigenvalue weighted by Gasteiger charge is 2.19. The lowest BCUT2D eigenvalue weighted by Gasteiger charge is -2.14. The molecule has 1 aromatic heterocycles. The maximum Gasteiger partial charge on any atom is 0.0802 e. The Balaban J connectivity index is 1.93. The van der Waals surface area contributed by atoms with Gasteiger partial charge in [-0.25, -0.2) is 5.43 Å². The van der Waals surface area contributed by atoms with Crippen molar-refractivity contribution in [2.24, 2.45) is 5.84 Å². The first kappa shape index (κ1) is 13.5. The van der Waals surface area contributed by atoms with Crippen molar-refractivity contribution in [1.82, 2.24) is 5.43 Å². The molecule has 0 radical (unpaired) electrons. The molecule has 5 heteroatoms. The van der Waals surface area contributed by atoms with Crippen molar-refractivity contribution in [3.05, 3.63) is 56.2 Å². The number of thioether (sulfide) groups is 1. The highest BCUT2D eigenvalue weighted by molar-refractivity contribution is 7.98. The second kappa shape index (κ2) is 5.85. The molecule has 0 bridgehead atoms. The van der Waals surface area contributed by atoms with Gasteiger partial charge < -0.3 is 0 Å². The monoisotopic (exact) mass is 310 g/mol. The number of thiophene rings is 1. The zero-order chi connectivity index (χ0) is 13.2. The van der Waals surface area contributed by atoms with Crippen LogP contribution in [0.5, 0.6) is 0 Å². The van der Waals surface area contributed by atoms with Crippen LogP contribution in [0.1, 0.15) is 26.9 Å². The van der Waals surface area contributed by atoms with Crippen molar-refractivity contribution in [3.63, 3.8) is 0 Å². The highest BCUT2D eigenvalue weighted by Crippen LogP contribution is 2.36. The fraction of sp³-hybridized carbons (Fsp3) is 0.286. The molecule has 0 aliphatic carbocycles. The number of hydrazine groups is 1. The Morgan fingerprint density at radius 1 is 1.26 bits per heavy atom. The number of nitrogens with one attached hydrogen (secondary N) is 1. The molecule has 1 unspecified atom stereocenters. The predicted octanol–water partition coefficient (Wildman–Crippen LogP) is 3.74. The van der Waals surface area contributed by atoms with Crippen molar-refractivity contribution >= 4 is 34.7 Å². The van der Waals surface area contributed by atoms with Crippen LogP contribution < -0.4 is 11.3 Å². The van der Waals surface area contributed by atoms with E-state index in [1.54, 1.807) is 0 Å². The molecule has 0 saturated carbocycles. The lowest BCUT2D eigenvalue weighted by molar-refractivity contribution is 0.646. The molecule has 1 aliphatic rings.